The standard InChI is InChI=1S/C12H15N3OS/c1-8-9(2)17-12(15-8)14-7-10-4-5-11(16-3)13-6-10/h4-6H,7H2,1-3H3,(H,14,15). The maximum atomic E-state index is 5.01. The highest BCUT2D eigenvalue weighted by atomic mass is 32.1. The zero-order chi connectivity index (χ0) is 12.3. The Morgan fingerprint density at radius 1 is 1.35 bits per heavy atom. The molecule has 0 aliphatic heterocycles. The average molecular weight is 249 g/mol. The van der Waals surface area contributed by atoms with Crippen LogP contribution in [-0.4, -0.2) is 17.1 Å². The van der Waals surface area contributed by atoms with Gasteiger partial charge in [-0.2, -0.15) is 0 Å². The summed E-state index contributed by atoms with van der Waals surface area (Å²) in [7, 11) is 1.61. The lowest BCUT2D eigenvalue weighted by Gasteiger charge is -2.03. The van der Waals surface area contributed by atoms with Gasteiger partial charge < -0.3 is 10.1 Å². The summed E-state index contributed by atoms with van der Waals surface area (Å²) < 4.78 is 5.01. The van der Waals surface area contributed by atoms with E-state index in [-0.39, 0.29) is 0 Å². The predicted octanol–water partition coefficient (Wildman–Crippen LogP) is 2.78. The van der Waals surface area contributed by atoms with Crippen molar-refractivity contribution in [3.05, 3.63) is 34.5 Å². The lowest BCUT2D eigenvalue weighted by Crippen LogP contribution is -1.99. The predicted molar refractivity (Wildman–Crippen MR) is 69.7 cm³/mol. The van der Waals surface area contributed by atoms with Gasteiger partial charge in [-0.15, -0.1) is 11.3 Å². The van der Waals surface area contributed by atoms with Gasteiger partial charge in [-0.3, -0.25) is 0 Å². The highest BCUT2D eigenvalue weighted by Crippen LogP contribution is 2.21. The van der Waals surface area contributed by atoms with Crippen LogP contribution in [0.25, 0.3) is 0 Å². The minimum atomic E-state index is 0.634. The Bertz CT molecular complexity index is 473. The van der Waals surface area contributed by atoms with Crippen LogP contribution in [0.5, 0.6) is 5.88 Å². The molecule has 0 amide bonds. The van der Waals surface area contributed by atoms with Gasteiger partial charge in [-0.25, -0.2) is 9.97 Å². The van der Waals surface area contributed by atoms with Gasteiger partial charge in [0.1, 0.15) is 0 Å². The number of anilines is 1. The zero-order valence-corrected chi connectivity index (χ0v) is 11.0. The molecular weight excluding hydrogens is 234 g/mol. The highest BCUT2D eigenvalue weighted by molar-refractivity contribution is 7.15. The Kier molecular flexibility index (Phi) is 3.58. The van der Waals surface area contributed by atoms with E-state index < -0.39 is 0 Å². The molecule has 2 aromatic rings. The van der Waals surface area contributed by atoms with Gasteiger partial charge in [0.2, 0.25) is 5.88 Å². The Hall–Kier alpha value is -1.62. The molecule has 2 aromatic heterocycles. The first kappa shape index (κ1) is 11.9. The number of ether oxygens (including phenoxy) is 1. The second-order valence-corrected chi connectivity index (χ2v) is 4.93. The normalized spacial score (nSPS) is 10.3. The second-order valence-electron chi connectivity index (χ2n) is 3.72. The summed E-state index contributed by atoms with van der Waals surface area (Å²) in [5.41, 5.74) is 2.20. The SMILES string of the molecule is COc1ccc(CNc2nc(C)c(C)s2)cn1. The molecule has 0 aromatic carbocycles. The number of aromatic nitrogens is 2. The van der Waals surface area contributed by atoms with Gasteiger partial charge in [0.15, 0.2) is 5.13 Å². The van der Waals surface area contributed by atoms with Gasteiger partial charge in [-0.05, 0) is 19.4 Å². The van der Waals surface area contributed by atoms with Crippen LogP contribution in [-0.2, 0) is 6.54 Å². The molecule has 0 bridgehead atoms. The minimum Gasteiger partial charge on any atom is -0.481 e. The largest absolute Gasteiger partial charge is 0.481 e. The van der Waals surface area contributed by atoms with Crippen molar-refractivity contribution in [3.8, 4) is 5.88 Å². The molecule has 0 fully saturated rings. The molecule has 5 heteroatoms. The quantitative estimate of drug-likeness (QED) is 0.905. The van der Waals surface area contributed by atoms with Crippen molar-refractivity contribution in [3.63, 3.8) is 0 Å². The van der Waals surface area contributed by atoms with E-state index in [0.717, 1.165) is 22.9 Å². The van der Waals surface area contributed by atoms with Gasteiger partial charge in [-0.1, -0.05) is 6.07 Å². The summed E-state index contributed by atoms with van der Waals surface area (Å²) in [6.07, 6.45) is 1.80. The molecule has 0 aliphatic rings. The first-order chi connectivity index (χ1) is 8.19. The molecule has 1 N–H and O–H groups in total. The van der Waals surface area contributed by atoms with Crippen molar-refractivity contribution in [1.29, 1.82) is 0 Å². The number of methoxy groups -OCH3 is 1. The molecule has 0 spiro atoms. The Labute approximate surface area is 105 Å². The summed E-state index contributed by atoms with van der Waals surface area (Å²) in [6.45, 7) is 4.82. The minimum absolute atomic E-state index is 0.634. The van der Waals surface area contributed by atoms with E-state index in [4.69, 9.17) is 4.74 Å². The van der Waals surface area contributed by atoms with Crippen LogP contribution in [0.15, 0.2) is 18.3 Å². The topological polar surface area (TPSA) is 47.0 Å². The van der Waals surface area contributed by atoms with E-state index in [1.807, 2.05) is 19.1 Å². The summed E-state index contributed by atoms with van der Waals surface area (Å²) in [5, 5.41) is 4.24. The van der Waals surface area contributed by atoms with Gasteiger partial charge in [0.25, 0.3) is 0 Å². The van der Waals surface area contributed by atoms with Gasteiger partial charge in [0, 0.05) is 23.7 Å². The maximum absolute atomic E-state index is 5.01. The molecule has 4 nitrogen and oxygen atoms in total. The van der Waals surface area contributed by atoms with E-state index in [0.29, 0.717) is 5.88 Å². The van der Waals surface area contributed by atoms with Gasteiger partial charge >= 0.3 is 0 Å². The summed E-state index contributed by atoms with van der Waals surface area (Å²) in [5.74, 6) is 0.634. The van der Waals surface area contributed by atoms with Crippen LogP contribution in [0.1, 0.15) is 16.1 Å². The van der Waals surface area contributed by atoms with Crippen LogP contribution in [0.2, 0.25) is 0 Å². The number of aryl methyl sites for hydroxylation is 2. The van der Waals surface area contributed by atoms with E-state index in [1.54, 1.807) is 24.6 Å². The number of nitrogens with zero attached hydrogens (tertiary/aromatic N) is 2. The summed E-state index contributed by atoms with van der Waals surface area (Å²) in [4.78, 5) is 9.82. The number of thiazole rings is 1. The molecule has 0 atom stereocenters. The fourth-order valence-corrected chi connectivity index (χ4v) is 2.17. The van der Waals surface area contributed by atoms with Crippen molar-refractivity contribution < 1.29 is 4.74 Å². The molecular formula is C12H15N3OS. The zero-order valence-electron chi connectivity index (χ0n) is 10.2. The molecule has 0 saturated heterocycles. The fraction of sp³-hybridized carbons (Fsp3) is 0.333. The van der Waals surface area contributed by atoms with Crippen LogP contribution in [0, 0.1) is 13.8 Å². The number of hydrogen-bond donors (Lipinski definition) is 1. The molecule has 90 valence electrons. The monoisotopic (exact) mass is 249 g/mol. The van der Waals surface area contributed by atoms with Crippen molar-refractivity contribution in [2.24, 2.45) is 0 Å². The Balaban J connectivity index is 1.97. The van der Waals surface area contributed by atoms with E-state index in [1.165, 1.54) is 4.88 Å². The molecule has 0 unspecified atom stereocenters. The van der Waals surface area contributed by atoms with Crippen LogP contribution in [0.4, 0.5) is 5.13 Å². The lowest BCUT2D eigenvalue weighted by molar-refractivity contribution is 0.397. The average Bonchev–Trinajstić information content (AvgIpc) is 2.67. The first-order valence-electron chi connectivity index (χ1n) is 5.36. The molecule has 17 heavy (non-hydrogen) atoms. The van der Waals surface area contributed by atoms with E-state index in [2.05, 4.69) is 22.2 Å². The van der Waals surface area contributed by atoms with Crippen LogP contribution >= 0.6 is 11.3 Å². The smallest absolute Gasteiger partial charge is 0.212 e. The van der Waals surface area contributed by atoms with Crippen molar-refractivity contribution in [1.82, 2.24) is 9.97 Å². The van der Waals surface area contributed by atoms with E-state index >= 15 is 0 Å². The third kappa shape index (κ3) is 2.94. The Morgan fingerprint density at radius 2 is 2.18 bits per heavy atom. The molecule has 2 heterocycles. The third-order valence-electron chi connectivity index (χ3n) is 2.48. The van der Waals surface area contributed by atoms with Gasteiger partial charge in [0.05, 0.1) is 12.8 Å². The van der Waals surface area contributed by atoms with Crippen molar-refractivity contribution >= 4 is 16.5 Å². The number of rotatable bonds is 4. The first-order valence-corrected chi connectivity index (χ1v) is 6.17. The molecule has 0 aliphatic carbocycles. The van der Waals surface area contributed by atoms with E-state index in [9.17, 15) is 0 Å². The third-order valence-corrected chi connectivity index (χ3v) is 3.51. The summed E-state index contributed by atoms with van der Waals surface area (Å²) in [6, 6.07) is 3.85. The summed E-state index contributed by atoms with van der Waals surface area (Å²) >= 11 is 1.67. The van der Waals surface area contributed by atoms with Crippen LogP contribution in [0.3, 0.4) is 0 Å². The second kappa shape index (κ2) is 5.14. The number of nitrogens with one attached hydrogen (secondary N) is 1. The number of hydrogen-bond acceptors (Lipinski definition) is 5. The lowest BCUT2D eigenvalue weighted by atomic mass is 10.3. The molecule has 2 rings (SSSR count). The number of pyridine rings is 1. The fourth-order valence-electron chi connectivity index (χ4n) is 1.36. The van der Waals surface area contributed by atoms with Crippen molar-refractivity contribution in [2.75, 3.05) is 12.4 Å². The molecule has 0 saturated carbocycles. The highest BCUT2D eigenvalue weighted by Gasteiger charge is 2.03. The Morgan fingerprint density at radius 3 is 2.71 bits per heavy atom. The van der Waals surface area contributed by atoms with Crippen molar-refractivity contribution in [2.45, 2.75) is 20.4 Å². The molecule has 0 radical (unpaired) electrons. The van der Waals surface area contributed by atoms with Crippen LogP contribution < -0.4 is 10.1 Å². The maximum Gasteiger partial charge on any atom is 0.212 e.